The fourth-order valence-electron chi connectivity index (χ4n) is 1.12. The van der Waals surface area contributed by atoms with E-state index in [1.807, 2.05) is 24.1 Å². The first-order valence-corrected chi connectivity index (χ1v) is 4.55. The highest BCUT2D eigenvalue weighted by atomic mass is 15.3. The second kappa shape index (κ2) is 4.80. The fraction of sp³-hybridized carbons (Fsp3) is 0.667. The van der Waals surface area contributed by atoms with Crippen molar-refractivity contribution in [3.05, 3.63) is 12.4 Å². The Hall–Kier alpha value is -0.990. The lowest BCUT2D eigenvalue weighted by molar-refractivity contribution is 0.743. The largest absolute Gasteiger partial charge is 0.383 e. The molecule has 0 fully saturated rings. The monoisotopic (exact) mass is 167 g/mol. The van der Waals surface area contributed by atoms with Crippen LogP contribution in [-0.4, -0.2) is 16.3 Å². The number of nitrogens with zero attached hydrogens (tertiary/aromatic N) is 2. The van der Waals surface area contributed by atoms with Crippen LogP contribution in [0.25, 0.3) is 0 Å². The van der Waals surface area contributed by atoms with Crippen molar-refractivity contribution >= 4 is 5.69 Å². The summed E-state index contributed by atoms with van der Waals surface area (Å²) in [5, 5.41) is 7.39. The van der Waals surface area contributed by atoms with E-state index in [1.165, 1.54) is 19.3 Å². The van der Waals surface area contributed by atoms with Crippen LogP contribution in [0, 0.1) is 0 Å². The Labute approximate surface area is 73.8 Å². The summed E-state index contributed by atoms with van der Waals surface area (Å²) in [7, 11) is 1.93. The van der Waals surface area contributed by atoms with E-state index in [0.717, 1.165) is 12.2 Å². The number of hydrogen-bond donors (Lipinski definition) is 1. The number of nitrogens with one attached hydrogen (secondary N) is 1. The summed E-state index contributed by atoms with van der Waals surface area (Å²) in [6.07, 6.45) is 7.66. The van der Waals surface area contributed by atoms with Crippen LogP contribution in [0.2, 0.25) is 0 Å². The molecule has 68 valence electrons. The van der Waals surface area contributed by atoms with Gasteiger partial charge < -0.3 is 5.32 Å². The maximum atomic E-state index is 4.07. The zero-order chi connectivity index (χ0) is 8.81. The molecule has 0 aliphatic heterocycles. The molecule has 0 aliphatic rings. The maximum absolute atomic E-state index is 4.07. The summed E-state index contributed by atoms with van der Waals surface area (Å²) >= 11 is 0. The Kier molecular flexibility index (Phi) is 3.64. The van der Waals surface area contributed by atoms with E-state index in [-0.39, 0.29) is 0 Å². The highest BCUT2D eigenvalue weighted by molar-refractivity contribution is 5.37. The summed E-state index contributed by atoms with van der Waals surface area (Å²) in [4.78, 5) is 0. The van der Waals surface area contributed by atoms with Crippen LogP contribution >= 0.6 is 0 Å². The maximum Gasteiger partial charge on any atom is 0.0726 e. The average molecular weight is 167 g/mol. The van der Waals surface area contributed by atoms with Gasteiger partial charge in [0.1, 0.15) is 0 Å². The summed E-state index contributed by atoms with van der Waals surface area (Å²) in [5.41, 5.74) is 1.12. The van der Waals surface area contributed by atoms with Gasteiger partial charge in [0, 0.05) is 19.8 Å². The second-order valence-corrected chi connectivity index (χ2v) is 3.04. The molecule has 0 radical (unpaired) electrons. The quantitative estimate of drug-likeness (QED) is 0.680. The van der Waals surface area contributed by atoms with Crippen molar-refractivity contribution in [2.45, 2.75) is 26.2 Å². The molecule has 3 heteroatoms. The molecule has 1 rings (SSSR count). The van der Waals surface area contributed by atoms with Gasteiger partial charge in [0.2, 0.25) is 0 Å². The Morgan fingerprint density at radius 2 is 2.33 bits per heavy atom. The molecule has 12 heavy (non-hydrogen) atoms. The van der Waals surface area contributed by atoms with E-state index in [0.29, 0.717) is 0 Å². The predicted molar refractivity (Wildman–Crippen MR) is 51.2 cm³/mol. The third kappa shape index (κ3) is 2.95. The molecule has 0 spiro atoms. The minimum Gasteiger partial charge on any atom is -0.383 e. The van der Waals surface area contributed by atoms with Crippen LogP contribution in [-0.2, 0) is 7.05 Å². The van der Waals surface area contributed by atoms with Crippen molar-refractivity contribution in [3.8, 4) is 0 Å². The molecule has 0 aliphatic carbocycles. The Balaban J connectivity index is 2.15. The standard InChI is InChI=1S/C9H17N3/c1-3-4-5-6-10-9-7-11-12(2)8-9/h7-8,10H,3-6H2,1-2H3. The van der Waals surface area contributed by atoms with Gasteiger partial charge >= 0.3 is 0 Å². The lowest BCUT2D eigenvalue weighted by Crippen LogP contribution is -1.99. The number of hydrogen-bond acceptors (Lipinski definition) is 2. The summed E-state index contributed by atoms with van der Waals surface area (Å²) < 4.78 is 1.81. The van der Waals surface area contributed by atoms with Gasteiger partial charge in [-0.2, -0.15) is 5.10 Å². The minimum atomic E-state index is 1.06. The van der Waals surface area contributed by atoms with Crippen molar-refractivity contribution in [2.24, 2.45) is 7.05 Å². The third-order valence-corrected chi connectivity index (χ3v) is 1.81. The topological polar surface area (TPSA) is 29.9 Å². The highest BCUT2D eigenvalue weighted by Gasteiger charge is 1.92. The Bertz CT molecular complexity index is 217. The van der Waals surface area contributed by atoms with Crippen molar-refractivity contribution in [3.63, 3.8) is 0 Å². The van der Waals surface area contributed by atoms with Gasteiger partial charge in [0.15, 0.2) is 0 Å². The molecule has 0 aromatic carbocycles. The SMILES string of the molecule is CCCCCNc1cnn(C)c1. The number of anilines is 1. The third-order valence-electron chi connectivity index (χ3n) is 1.81. The van der Waals surface area contributed by atoms with E-state index in [1.54, 1.807) is 0 Å². The minimum absolute atomic E-state index is 1.06. The van der Waals surface area contributed by atoms with Crippen LogP contribution in [0.3, 0.4) is 0 Å². The molecule has 0 bridgehead atoms. The molecule has 1 N–H and O–H groups in total. The number of rotatable bonds is 5. The molecular weight excluding hydrogens is 150 g/mol. The zero-order valence-electron chi connectivity index (χ0n) is 7.88. The molecule has 3 nitrogen and oxygen atoms in total. The van der Waals surface area contributed by atoms with Crippen LogP contribution in [0.1, 0.15) is 26.2 Å². The number of aryl methyl sites for hydroxylation is 1. The molecule has 0 unspecified atom stereocenters. The summed E-state index contributed by atoms with van der Waals surface area (Å²) in [5.74, 6) is 0. The van der Waals surface area contributed by atoms with E-state index < -0.39 is 0 Å². The first kappa shape index (κ1) is 9.10. The first-order chi connectivity index (χ1) is 5.83. The van der Waals surface area contributed by atoms with Gasteiger partial charge in [-0.05, 0) is 6.42 Å². The average Bonchev–Trinajstić information content (AvgIpc) is 2.45. The van der Waals surface area contributed by atoms with Gasteiger partial charge in [0.25, 0.3) is 0 Å². The Morgan fingerprint density at radius 1 is 1.50 bits per heavy atom. The van der Waals surface area contributed by atoms with E-state index >= 15 is 0 Å². The van der Waals surface area contributed by atoms with Crippen LogP contribution in [0.15, 0.2) is 12.4 Å². The smallest absolute Gasteiger partial charge is 0.0726 e. The van der Waals surface area contributed by atoms with Gasteiger partial charge in [-0.25, -0.2) is 0 Å². The second-order valence-electron chi connectivity index (χ2n) is 3.04. The van der Waals surface area contributed by atoms with Crippen molar-refractivity contribution in [1.29, 1.82) is 0 Å². The van der Waals surface area contributed by atoms with Crippen molar-refractivity contribution in [1.82, 2.24) is 9.78 Å². The molecule has 0 amide bonds. The molecule has 0 saturated heterocycles. The van der Waals surface area contributed by atoms with Crippen molar-refractivity contribution in [2.75, 3.05) is 11.9 Å². The molecule has 1 heterocycles. The Morgan fingerprint density at radius 3 is 2.92 bits per heavy atom. The van der Waals surface area contributed by atoms with Gasteiger partial charge in [0.05, 0.1) is 11.9 Å². The van der Waals surface area contributed by atoms with E-state index in [2.05, 4.69) is 17.3 Å². The summed E-state index contributed by atoms with van der Waals surface area (Å²) in [6.45, 7) is 3.27. The normalized spacial score (nSPS) is 10.2. The fourth-order valence-corrected chi connectivity index (χ4v) is 1.12. The number of unbranched alkanes of at least 4 members (excludes halogenated alkanes) is 2. The first-order valence-electron chi connectivity index (χ1n) is 4.55. The summed E-state index contributed by atoms with van der Waals surface area (Å²) in [6, 6.07) is 0. The predicted octanol–water partition coefficient (Wildman–Crippen LogP) is 2.02. The molecule has 0 saturated carbocycles. The van der Waals surface area contributed by atoms with Crippen LogP contribution < -0.4 is 5.32 Å². The van der Waals surface area contributed by atoms with Crippen LogP contribution in [0.4, 0.5) is 5.69 Å². The number of aromatic nitrogens is 2. The zero-order valence-corrected chi connectivity index (χ0v) is 7.88. The van der Waals surface area contributed by atoms with E-state index in [9.17, 15) is 0 Å². The van der Waals surface area contributed by atoms with Crippen LogP contribution in [0.5, 0.6) is 0 Å². The van der Waals surface area contributed by atoms with Gasteiger partial charge in [-0.3, -0.25) is 4.68 Å². The van der Waals surface area contributed by atoms with E-state index in [4.69, 9.17) is 0 Å². The molecule has 1 aromatic rings. The lowest BCUT2D eigenvalue weighted by Gasteiger charge is -2.00. The van der Waals surface area contributed by atoms with Crippen molar-refractivity contribution < 1.29 is 0 Å². The lowest BCUT2D eigenvalue weighted by atomic mass is 10.2. The molecular formula is C9H17N3. The highest BCUT2D eigenvalue weighted by Crippen LogP contribution is 2.03. The molecule has 0 atom stereocenters. The molecule has 1 aromatic heterocycles. The van der Waals surface area contributed by atoms with Gasteiger partial charge in [-0.1, -0.05) is 19.8 Å². The van der Waals surface area contributed by atoms with Gasteiger partial charge in [-0.15, -0.1) is 0 Å².